The van der Waals surface area contributed by atoms with Crippen molar-refractivity contribution < 1.29 is 14.4 Å². The number of benzene rings is 1. The van der Waals surface area contributed by atoms with Crippen LogP contribution in [0.2, 0.25) is 0 Å². The lowest BCUT2D eigenvalue weighted by Crippen LogP contribution is -2.32. The van der Waals surface area contributed by atoms with E-state index in [4.69, 9.17) is 10.0 Å². The number of hydrogen-bond acceptors (Lipinski definition) is 3. The predicted octanol–water partition coefficient (Wildman–Crippen LogP) is -0.309. The molecule has 0 saturated heterocycles. The van der Waals surface area contributed by atoms with E-state index in [2.05, 4.69) is 4.98 Å². The number of halogens is 1. The van der Waals surface area contributed by atoms with Gasteiger partial charge in [-0.3, -0.25) is 0 Å². The van der Waals surface area contributed by atoms with Crippen LogP contribution in [0, 0.1) is 5.82 Å². The molecule has 1 heterocycles. The second-order valence-electron chi connectivity index (χ2n) is 3.05. The molecular weight excluding hydrogens is 198 g/mol. The van der Waals surface area contributed by atoms with Crippen molar-refractivity contribution in [2.75, 3.05) is 0 Å². The predicted molar refractivity (Wildman–Crippen MR) is 53.3 cm³/mol. The van der Waals surface area contributed by atoms with Crippen LogP contribution in [-0.4, -0.2) is 26.7 Å². The molecule has 76 valence electrons. The Hall–Kier alpha value is -1.66. The topological polar surface area (TPSA) is 58.3 Å². The summed E-state index contributed by atoms with van der Waals surface area (Å²) in [4.78, 5) is 3.83. The Labute approximate surface area is 85.8 Å². The molecule has 2 aromatic rings. The second kappa shape index (κ2) is 3.84. The first-order valence-corrected chi connectivity index (χ1v) is 4.32. The molecule has 0 unspecified atom stereocenters. The standard InChI is InChI=1S/C9H8BFN2O2/c11-9-5-7(13-4-3-12-6-13)1-2-8(9)10(14)15/h1-6,14-15H. The highest BCUT2D eigenvalue weighted by Gasteiger charge is 2.16. The van der Waals surface area contributed by atoms with Crippen molar-refractivity contribution in [1.82, 2.24) is 9.55 Å². The first kappa shape index (κ1) is 9.88. The Morgan fingerprint density at radius 2 is 2.13 bits per heavy atom. The fourth-order valence-electron chi connectivity index (χ4n) is 1.30. The summed E-state index contributed by atoms with van der Waals surface area (Å²) < 4.78 is 15.0. The molecular formula is C9H8BFN2O2. The average molecular weight is 206 g/mol. The van der Waals surface area contributed by atoms with E-state index in [-0.39, 0.29) is 5.46 Å². The van der Waals surface area contributed by atoms with E-state index in [1.54, 1.807) is 23.0 Å². The van der Waals surface area contributed by atoms with Crippen molar-refractivity contribution in [3.05, 3.63) is 42.7 Å². The van der Waals surface area contributed by atoms with Crippen LogP contribution in [0.4, 0.5) is 4.39 Å². The van der Waals surface area contributed by atoms with Crippen LogP contribution in [0.25, 0.3) is 5.69 Å². The highest BCUT2D eigenvalue weighted by atomic mass is 19.1. The van der Waals surface area contributed by atoms with Crippen LogP contribution in [0.5, 0.6) is 0 Å². The van der Waals surface area contributed by atoms with Gasteiger partial charge in [-0.05, 0) is 12.1 Å². The van der Waals surface area contributed by atoms with E-state index < -0.39 is 12.9 Å². The largest absolute Gasteiger partial charge is 0.491 e. The summed E-state index contributed by atoms with van der Waals surface area (Å²) in [5, 5.41) is 17.6. The number of rotatable bonds is 2. The lowest BCUT2D eigenvalue weighted by Gasteiger charge is -2.05. The second-order valence-corrected chi connectivity index (χ2v) is 3.05. The number of hydrogen-bond donors (Lipinski definition) is 2. The van der Waals surface area contributed by atoms with Crippen LogP contribution in [-0.2, 0) is 0 Å². The van der Waals surface area contributed by atoms with Crippen molar-refractivity contribution in [3.63, 3.8) is 0 Å². The van der Waals surface area contributed by atoms with Crippen molar-refractivity contribution in [2.45, 2.75) is 0 Å². The maximum absolute atomic E-state index is 13.3. The monoisotopic (exact) mass is 206 g/mol. The van der Waals surface area contributed by atoms with E-state index in [0.29, 0.717) is 5.69 Å². The third-order valence-corrected chi connectivity index (χ3v) is 2.06. The van der Waals surface area contributed by atoms with Gasteiger partial charge in [-0.15, -0.1) is 0 Å². The molecule has 0 saturated carbocycles. The van der Waals surface area contributed by atoms with E-state index in [9.17, 15) is 4.39 Å². The molecule has 0 aliphatic carbocycles. The summed E-state index contributed by atoms with van der Waals surface area (Å²) in [6.45, 7) is 0. The van der Waals surface area contributed by atoms with Crippen LogP contribution in [0.3, 0.4) is 0 Å². The molecule has 0 fully saturated rings. The Morgan fingerprint density at radius 1 is 1.33 bits per heavy atom. The highest BCUT2D eigenvalue weighted by Crippen LogP contribution is 2.07. The molecule has 0 aliphatic rings. The molecule has 2 rings (SSSR count). The number of imidazole rings is 1. The molecule has 0 bridgehead atoms. The van der Waals surface area contributed by atoms with Gasteiger partial charge in [0, 0.05) is 23.5 Å². The molecule has 1 aromatic carbocycles. The van der Waals surface area contributed by atoms with Crippen LogP contribution in [0.1, 0.15) is 0 Å². The molecule has 2 N–H and O–H groups in total. The molecule has 1 aromatic heterocycles. The molecule has 0 spiro atoms. The minimum atomic E-state index is -1.79. The molecule has 0 atom stereocenters. The zero-order valence-electron chi connectivity index (χ0n) is 7.71. The Balaban J connectivity index is 2.42. The zero-order valence-corrected chi connectivity index (χ0v) is 7.71. The van der Waals surface area contributed by atoms with Gasteiger partial charge in [0.2, 0.25) is 0 Å². The van der Waals surface area contributed by atoms with Gasteiger partial charge < -0.3 is 14.6 Å². The summed E-state index contributed by atoms with van der Waals surface area (Å²) in [6.07, 6.45) is 4.78. The summed E-state index contributed by atoms with van der Waals surface area (Å²) in [6, 6.07) is 4.13. The maximum Gasteiger partial charge on any atom is 0.491 e. The van der Waals surface area contributed by atoms with Crippen LogP contribution >= 0.6 is 0 Å². The normalized spacial score (nSPS) is 10.3. The highest BCUT2D eigenvalue weighted by molar-refractivity contribution is 6.58. The molecule has 0 amide bonds. The quantitative estimate of drug-likeness (QED) is 0.662. The van der Waals surface area contributed by atoms with Gasteiger partial charge in [0.25, 0.3) is 0 Å². The van der Waals surface area contributed by atoms with Gasteiger partial charge in [-0.1, -0.05) is 6.07 Å². The van der Waals surface area contributed by atoms with Crippen molar-refractivity contribution in [1.29, 1.82) is 0 Å². The first-order valence-electron chi connectivity index (χ1n) is 4.32. The van der Waals surface area contributed by atoms with Crippen molar-refractivity contribution in [3.8, 4) is 5.69 Å². The Bertz CT molecular complexity index is 459. The molecule has 4 nitrogen and oxygen atoms in total. The smallest absolute Gasteiger partial charge is 0.423 e. The summed E-state index contributed by atoms with van der Waals surface area (Å²) in [5.74, 6) is -0.656. The van der Waals surface area contributed by atoms with Gasteiger partial charge in [0.05, 0.1) is 6.33 Å². The average Bonchev–Trinajstić information content (AvgIpc) is 2.69. The fraction of sp³-hybridized carbons (Fsp3) is 0. The Morgan fingerprint density at radius 3 is 2.67 bits per heavy atom. The van der Waals surface area contributed by atoms with Gasteiger partial charge in [0.15, 0.2) is 0 Å². The summed E-state index contributed by atoms with van der Waals surface area (Å²) >= 11 is 0. The maximum atomic E-state index is 13.3. The van der Waals surface area contributed by atoms with E-state index in [0.717, 1.165) is 0 Å². The summed E-state index contributed by atoms with van der Waals surface area (Å²) in [7, 11) is -1.79. The third-order valence-electron chi connectivity index (χ3n) is 2.06. The first-order chi connectivity index (χ1) is 7.18. The fourth-order valence-corrected chi connectivity index (χ4v) is 1.30. The Kier molecular flexibility index (Phi) is 2.53. The van der Waals surface area contributed by atoms with Gasteiger partial charge in [-0.25, -0.2) is 9.37 Å². The van der Waals surface area contributed by atoms with E-state index >= 15 is 0 Å². The molecule has 0 radical (unpaired) electrons. The summed E-state index contributed by atoms with van der Waals surface area (Å²) in [5.41, 5.74) is 0.438. The van der Waals surface area contributed by atoms with Crippen LogP contribution in [0.15, 0.2) is 36.9 Å². The lowest BCUT2D eigenvalue weighted by atomic mass is 9.80. The van der Waals surface area contributed by atoms with Crippen molar-refractivity contribution >= 4 is 12.6 Å². The number of aromatic nitrogens is 2. The SMILES string of the molecule is OB(O)c1ccc(-n2ccnc2)cc1F. The minimum Gasteiger partial charge on any atom is -0.423 e. The van der Waals surface area contributed by atoms with Crippen molar-refractivity contribution in [2.24, 2.45) is 0 Å². The molecule has 6 heteroatoms. The molecule has 15 heavy (non-hydrogen) atoms. The van der Waals surface area contributed by atoms with E-state index in [1.165, 1.54) is 18.5 Å². The zero-order chi connectivity index (χ0) is 10.8. The van der Waals surface area contributed by atoms with Gasteiger partial charge in [-0.2, -0.15) is 0 Å². The van der Waals surface area contributed by atoms with Crippen LogP contribution < -0.4 is 5.46 Å². The van der Waals surface area contributed by atoms with Gasteiger partial charge >= 0.3 is 7.12 Å². The third kappa shape index (κ3) is 1.90. The minimum absolute atomic E-state index is 0.140. The van der Waals surface area contributed by atoms with Gasteiger partial charge in [0.1, 0.15) is 5.82 Å². The number of nitrogens with zero attached hydrogens (tertiary/aromatic N) is 2. The lowest BCUT2D eigenvalue weighted by molar-refractivity contribution is 0.423. The molecule has 0 aliphatic heterocycles. The van der Waals surface area contributed by atoms with E-state index in [1.807, 2.05) is 0 Å².